The maximum Gasteiger partial charge on any atom is 0.198 e. The van der Waals surface area contributed by atoms with Gasteiger partial charge in [0.15, 0.2) is 5.96 Å². The Morgan fingerprint density at radius 3 is 2.24 bits per heavy atom. The van der Waals surface area contributed by atoms with Crippen LogP contribution in [0.2, 0.25) is 0 Å². The minimum atomic E-state index is -0.692. The molecule has 1 atom stereocenters. The SMILES string of the molecule is CCN1CC(CCN2CCC(O)(c3ccccc3)CC2)N(c2ccccc2)C1=N. The van der Waals surface area contributed by atoms with E-state index in [0.29, 0.717) is 12.0 Å². The van der Waals surface area contributed by atoms with E-state index in [9.17, 15) is 5.11 Å². The molecule has 0 spiro atoms. The molecule has 0 radical (unpaired) electrons. The third-order valence-corrected chi connectivity index (χ3v) is 6.51. The van der Waals surface area contributed by atoms with Crippen LogP contribution in [0, 0.1) is 5.41 Å². The van der Waals surface area contributed by atoms with Crippen molar-refractivity contribution >= 4 is 11.6 Å². The lowest BCUT2D eigenvalue weighted by Gasteiger charge is -2.39. The number of benzene rings is 2. The fourth-order valence-corrected chi connectivity index (χ4v) is 4.68. The maximum absolute atomic E-state index is 11.1. The first-order valence-electron chi connectivity index (χ1n) is 10.8. The molecular weight excluding hydrogens is 360 g/mol. The van der Waals surface area contributed by atoms with Crippen molar-refractivity contribution in [2.24, 2.45) is 0 Å². The van der Waals surface area contributed by atoms with E-state index < -0.39 is 5.60 Å². The summed E-state index contributed by atoms with van der Waals surface area (Å²) in [4.78, 5) is 6.81. The third-order valence-electron chi connectivity index (χ3n) is 6.51. The van der Waals surface area contributed by atoms with E-state index in [1.807, 2.05) is 48.5 Å². The second-order valence-corrected chi connectivity index (χ2v) is 8.25. The van der Waals surface area contributed by atoms with Crippen LogP contribution in [0.3, 0.4) is 0 Å². The van der Waals surface area contributed by atoms with Gasteiger partial charge in [0.05, 0.1) is 11.6 Å². The molecule has 4 rings (SSSR count). The number of rotatable bonds is 6. The molecule has 0 aromatic heterocycles. The summed E-state index contributed by atoms with van der Waals surface area (Å²) in [5.41, 5.74) is 1.45. The number of likely N-dealkylation sites (tertiary alicyclic amines) is 1. The Morgan fingerprint density at radius 2 is 1.62 bits per heavy atom. The van der Waals surface area contributed by atoms with Crippen molar-refractivity contribution in [3.05, 3.63) is 66.2 Å². The lowest BCUT2D eigenvalue weighted by molar-refractivity contribution is -0.0262. The highest BCUT2D eigenvalue weighted by atomic mass is 16.3. The molecule has 2 aliphatic heterocycles. The Bertz CT molecular complexity index is 802. The van der Waals surface area contributed by atoms with Crippen LogP contribution in [0.15, 0.2) is 60.7 Å². The summed E-state index contributed by atoms with van der Waals surface area (Å²) in [5.74, 6) is 0.612. The summed E-state index contributed by atoms with van der Waals surface area (Å²) in [6.45, 7) is 6.73. The Hall–Kier alpha value is -2.37. The van der Waals surface area contributed by atoms with Crippen LogP contribution in [0.5, 0.6) is 0 Å². The van der Waals surface area contributed by atoms with Gasteiger partial charge in [0.1, 0.15) is 0 Å². The molecule has 2 heterocycles. The third kappa shape index (κ3) is 4.16. The fourth-order valence-electron chi connectivity index (χ4n) is 4.68. The molecule has 0 amide bonds. The van der Waals surface area contributed by atoms with Gasteiger partial charge in [0, 0.05) is 38.4 Å². The summed E-state index contributed by atoms with van der Waals surface area (Å²) < 4.78 is 0. The van der Waals surface area contributed by atoms with Gasteiger partial charge in [-0.25, -0.2) is 0 Å². The van der Waals surface area contributed by atoms with Crippen LogP contribution in [0.25, 0.3) is 0 Å². The quantitative estimate of drug-likeness (QED) is 0.790. The summed E-state index contributed by atoms with van der Waals surface area (Å²) in [7, 11) is 0. The van der Waals surface area contributed by atoms with E-state index in [0.717, 1.165) is 63.2 Å². The highest BCUT2D eigenvalue weighted by molar-refractivity contribution is 5.96. The van der Waals surface area contributed by atoms with Gasteiger partial charge in [-0.3, -0.25) is 5.41 Å². The van der Waals surface area contributed by atoms with Crippen molar-refractivity contribution in [3.63, 3.8) is 0 Å². The van der Waals surface area contributed by atoms with Gasteiger partial charge in [0.2, 0.25) is 0 Å². The van der Waals surface area contributed by atoms with Crippen LogP contribution >= 0.6 is 0 Å². The summed E-state index contributed by atoms with van der Waals surface area (Å²) in [5, 5.41) is 19.7. The molecular formula is C24H32N4O. The fraction of sp³-hybridized carbons (Fsp3) is 0.458. The van der Waals surface area contributed by atoms with E-state index in [2.05, 4.69) is 33.8 Å². The number of guanidine groups is 1. The minimum Gasteiger partial charge on any atom is -0.385 e. The largest absolute Gasteiger partial charge is 0.385 e. The van der Waals surface area contributed by atoms with E-state index in [1.54, 1.807) is 0 Å². The van der Waals surface area contributed by atoms with Gasteiger partial charge in [-0.15, -0.1) is 0 Å². The highest BCUT2D eigenvalue weighted by Crippen LogP contribution is 2.33. The van der Waals surface area contributed by atoms with Crippen molar-refractivity contribution in [3.8, 4) is 0 Å². The smallest absolute Gasteiger partial charge is 0.198 e. The highest BCUT2D eigenvalue weighted by Gasteiger charge is 2.36. The Kier molecular flexibility index (Phi) is 5.88. The first kappa shape index (κ1) is 19.9. The zero-order chi connectivity index (χ0) is 20.3. The normalized spacial score (nSPS) is 22.3. The van der Waals surface area contributed by atoms with Crippen LogP contribution in [-0.2, 0) is 5.60 Å². The standard InChI is InChI=1S/C24H32N4O/c1-2-27-19-22(28(23(27)25)21-11-7-4-8-12-21)13-16-26-17-14-24(29,15-18-26)20-9-5-3-6-10-20/h3-12,22,25,29H,2,13-19H2,1H3. The van der Waals surface area contributed by atoms with Gasteiger partial charge in [-0.2, -0.15) is 0 Å². The molecule has 2 N–H and O–H groups in total. The lowest BCUT2D eigenvalue weighted by atomic mass is 9.84. The van der Waals surface area contributed by atoms with Gasteiger partial charge < -0.3 is 19.8 Å². The lowest BCUT2D eigenvalue weighted by Crippen LogP contribution is -2.44. The van der Waals surface area contributed by atoms with Crippen LogP contribution in [0.1, 0.15) is 31.7 Å². The Balaban J connectivity index is 1.37. The molecule has 1 unspecified atom stereocenters. The molecule has 2 saturated heterocycles. The van der Waals surface area contributed by atoms with E-state index in [4.69, 9.17) is 5.41 Å². The number of piperidine rings is 1. The molecule has 2 fully saturated rings. The number of para-hydroxylation sites is 1. The van der Waals surface area contributed by atoms with Crippen molar-refractivity contribution in [2.75, 3.05) is 37.6 Å². The predicted molar refractivity (Wildman–Crippen MR) is 118 cm³/mol. The number of aliphatic hydroxyl groups is 1. The van der Waals surface area contributed by atoms with E-state index >= 15 is 0 Å². The zero-order valence-corrected chi connectivity index (χ0v) is 17.3. The summed E-state index contributed by atoms with van der Waals surface area (Å²) >= 11 is 0. The molecule has 2 aliphatic rings. The number of nitrogens with zero attached hydrogens (tertiary/aromatic N) is 3. The molecule has 2 aromatic rings. The Labute approximate surface area is 174 Å². The number of anilines is 1. The molecule has 5 nitrogen and oxygen atoms in total. The number of nitrogens with one attached hydrogen (secondary N) is 1. The monoisotopic (exact) mass is 392 g/mol. The number of hydrogen-bond donors (Lipinski definition) is 2. The first-order valence-corrected chi connectivity index (χ1v) is 10.8. The van der Waals surface area contributed by atoms with E-state index in [-0.39, 0.29) is 0 Å². The number of hydrogen-bond acceptors (Lipinski definition) is 3. The van der Waals surface area contributed by atoms with Gasteiger partial charge in [0.25, 0.3) is 0 Å². The second kappa shape index (κ2) is 8.56. The first-order chi connectivity index (χ1) is 14.1. The van der Waals surface area contributed by atoms with Gasteiger partial charge >= 0.3 is 0 Å². The van der Waals surface area contributed by atoms with Crippen molar-refractivity contribution in [1.29, 1.82) is 5.41 Å². The van der Waals surface area contributed by atoms with Crippen molar-refractivity contribution in [2.45, 2.75) is 37.8 Å². The molecule has 154 valence electrons. The molecule has 5 heteroatoms. The van der Waals surface area contributed by atoms with Crippen LogP contribution in [0.4, 0.5) is 5.69 Å². The van der Waals surface area contributed by atoms with Crippen molar-refractivity contribution < 1.29 is 5.11 Å². The molecule has 29 heavy (non-hydrogen) atoms. The van der Waals surface area contributed by atoms with Gasteiger partial charge in [-0.1, -0.05) is 48.5 Å². The maximum atomic E-state index is 11.1. The molecule has 0 saturated carbocycles. The summed E-state index contributed by atoms with van der Waals surface area (Å²) in [6.07, 6.45) is 2.58. The molecule has 2 aromatic carbocycles. The zero-order valence-electron chi connectivity index (χ0n) is 17.3. The van der Waals surface area contributed by atoms with Crippen LogP contribution in [-0.4, -0.2) is 59.6 Å². The molecule has 0 aliphatic carbocycles. The van der Waals surface area contributed by atoms with Gasteiger partial charge in [-0.05, 0) is 43.9 Å². The predicted octanol–water partition coefficient (Wildman–Crippen LogP) is 3.51. The average molecular weight is 393 g/mol. The molecule has 0 bridgehead atoms. The topological polar surface area (TPSA) is 53.8 Å². The van der Waals surface area contributed by atoms with Crippen molar-refractivity contribution in [1.82, 2.24) is 9.80 Å². The minimum absolute atomic E-state index is 0.319. The second-order valence-electron chi connectivity index (χ2n) is 8.25. The van der Waals surface area contributed by atoms with Crippen LogP contribution < -0.4 is 4.90 Å². The average Bonchev–Trinajstić information content (AvgIpc) is 3.10. The summed E-state index contributed by atoms with van der Waals surface area (Å²) in [6, 6.07) is 20.7. The Morgan fingerprint density at radius 1 is 1.00 bits per heavy atom. The van der Waals surface area contributed by atoms with E-state index in [1.165, 1.54) is 0 Å². The number of likely N-dealkylation sites (N-methyl/N-ethyl adjacent to an activating group) is 1.